The lowest BCUT2D eigenvalue weighted by atomic mass is 10.0. The minimum Gasteiger partial charge on any atom is -0.294 e. The lowest BCUT2D eigenvalue weighted by Crippen LogP contribution is -1.99. The number of hydrogen-bond acceptors (Lipinski definition) is 12. The number of Topliss-reactive ketones (excluding diaryl/α,β-unsaturated/α-hetero) is 1. The molecule has 63 heavy (non-hydrogen) atoms. The molecule has 0 unspecified atom stereocenters. The average molecular weight is 913 g/mol. The second-order valence-electron chi connectivity index (χ2n) is 13.3. The van der Waals surface area contributed by atoms with Crippen LogP contribution in [0.5, 0.6) is 0 Å². The normalized spacial score (nSPS) is 9.52. The summed E-state index contributed by atoms with van der Waals surface area (Å²) >= 11 is 8.59. The summed E-state index contributed by atoms with van der Waals surface area (Å²) in [6.07, 6.45) is 13.2. The zero-order valence-corrected chi connectivity index (χ0v) is 37.3. The van der Waals surface area contributed by atoms with Gasteiger partial charge in [-0.1, -0.05) is 35.9 Å². The summed E-state index contributed by atoms with van der Waals surface area (Å²) in [6, 6.07) is 36.1. The van der Waals surface area contributed by atoms with Crippen LogP contribution in [-0.2, 0) is 0 Å². The van der Waals surface area contributed by atoms with Crippen LogP contribution < -0.4 is 0 Å². The summed E-state index contributed by atoms with van der Waals surface area (Å²) in [5.41, 5.74) is 9.24. The van der Waals surface area contributed by atoms with Crippen molar-refractivity contribution in [3.05, 3.63) is 201 Å². The first kappa shape index (κ1) is 47.8. The van der Waals surface area contributed by atoms with Crippen molar-refractivity contribution in [3.63, 3.8) is 0 Å². The number of rotatable bonds is 4. The molecule has 4 aromatic heterocycles. The number of carbonyl (C=O) groups excluding carboxylic acids is 1. The zero-order chi connectivity index (χ0) is 45.6. The number of carbonyl (C=O) groups is 1. The predicted molar refractivity (Wildman–Crippen MR) is 247 cm³/mol. The number of aromatic nitrogens is 8. The van der Waals surface area contributed by atoms with E-state index < -0.39 is 0 Å². The molecule has 0 amide bonds. The van der Waals surface area contributed by atoms with Crippen LogP contribution in [0.4, 0.5) is 0 Å². The Morgan fingerprint density at radius 3 is 1.13 bits per heavy atom. The fourth-order valence-corrected chi connectivity index (χ4v) is 5.80. The monoisotopic (exact) mass is 911 g/mol. The van der Waals surface area contributed by atoms with Crippen molar-refractivity contribution < 1.29 is 4.79 Å². The third-order valence-electron chi connectivity index (χ3n) is 8.34. The van der Waals surface area contributed by atoms with Gasteiger partial charge in [0.1, 0.15) is 6.07 Å². The lowest BCUT2D eigenvalue weighted by molar-refractivity contribution is 0.101. The molecule has 8 rings (SSSR count). The molecule has 0 aliphatic rings. The van der Waals surface area contributed by atoms with E-state index in [9.17, 15) is 4.79 Å². The molecule has 14 heteroatoms. The Kier molecular flexibility index (Phi) is 19.0. The van der Waals surface area contributed by atoms with Gasteiger partial charge in [0.05, 0.1) is 28.8 Å². The molecule has 0 spiro atoms. The number of nitriles is 3. The Morgan fingerprint density at radius 2 is 0.794 bits per heavy atom. The van der Waals surface area contributed by atoms with Gasteiger partial charge in [-0.3, -0.25) is 4.79 Å². The number of ketones is 1. The third-order valence-corrected chi connectivity index (χ3v) is 9.23. The number of halogens is 2. The molecule has 0 saturated heterocycles. The fourth-order valence-electron chi connectivity index (χ4n) is 5.36. The second-order valence-corrected chi connectivity index (χ2v) is 14.4. The van der Waals surface area contributed by atoms with Crippen molar-refractivity contribution in [3.8, 4) is 52.4 Å². The van der Waals surface area contributed by atoms with Crippen molar-refractivity contribution in [1.29, 1.82) is 15.8 Å². The first-order valence-corrected chi connectivity index (χ1v) is 20.1. The highest BCUT2D eigenvalue weighted by atomic mass is 79.9. The van der Waals surface area contributed by atoms with Crippen molar-refractivity contribution in [2.45, 2.75) is 34.6 Å². The Bertz CT molecular complexity index is 2770. The maximum absolute atomic E-state index is 11.5. The molecule has 8 aromatic rings. The van der Waals surface area contributed by atoms with Gasteiger partial charge in [0.2, 0.25) is 5.28 Å². The molecule has 0 atom stereocenters. The predicted octanol–water partition coefficient (Wildman–Crippen LogP) is 11.1. The van der Waals surface area contributed by atoms with Gasteiger partial charge in [-0.15, -0.1) is 0 Å². The highest BCUT2D eigenvalue weighted by Gasteiger charge is 2.11. The van der Waals surface area contributed by atoms with Gasteiger partial charge in [0, 0.05) is 76.3 Å². The summed E-state index contributed by atoms with van der Waals surface area (Å²) in [4.78, 5) is 43.6. The highest BCUT2D eigenvalue weighted by molar-refractivity contribution is 9.10. The molecule has 0 saturated carbocycles. The summed E-state index contributed by atoms with van der Waals surface area (Å²) in [7, 11) is 0. The van der Waals surface area contributed by atoms with E-state index in [1.165, 1.54) is 0 Å². The van der Waals surface area contributed by atoms with Crippen LogP contribution in [0, 0.1) is 61.7 Å². The summed E-state index contributed by atoms with van der Waals surface area (Å²) in [6.45, 7) is 9.39. The van der Waals surface area contributed by atoms with Gasteiger partial charge in [0.15, 0.2) is 23.3 Å². The van der Waals surface area contributed by atoms with E-state index in [0.717, 1.165) is 43.4 Å². The first-order chi connectivity index (χ1) is 30.4. The summed E-state index contributed by atoms with van der Waals surface area (Å²) in [5, 5.41) is 26.9. The van der Waals surface area contributed by atoms with E-state index in [4.69, 9.17) is 27.4 Å². The SMILES string of the molecule is CC(=O)c1cc(C)ccc1-c1ncccn1.Cc1ccc(-c2ncccn2)c(C#N)c1.Cc1ccc(-c2ncccn2)c(C#N)c1.Cc1ccc(Br)c(C#N)c1.Clc1ncccn1. The smallest absolute Gasteiger partial charge is 0.222 e. The number of hydrogen-bond donors (Lipinski definition) is 0. The molecular weight excluding hydrogens is 874 g/mol. The quantitative estimate of drug-likeness (QED) is 0.120. The van der Waals surface area contributed by atoms with Crippen molar-refractivity contribution in [2.24, 2.45) is 0 Å². The van der Waals surface area contributed by atoms with E-state index in [-0.39, 0.29) is 5.78 Å². The van der Waals surface area contributed by atoms with Gasteiger partial charge < -0.3 is 0 Å². The van der Waals surface area contributed by atoms with Crippen LogP contribution in [0.1, 0.15) is 56.2 Å². The van der Waals surface area contributed by atoms with Gasteiger partial charge in [-0.05, 0) is 146 Å². The number of aryl methyl sites for hydroxylation is 4. The molecule has 4 heterocycles. The molecule has 0 radical (unpaired) electrons. The van der Waals surface area contributed by atoms with E-state index >= 15 is 0 Å². The Hall–Kier alpha value is -7.89. The molecule has 310 valence electrons. The topological polar surface area (TPSA) is 192 Å². The maximum Gasteiger partial charge on any atom is 0.222 e. The summed E-state index contributed by atoms with van der Waals surface area (Å²) < 4.78 is 0.862. The largest absolute Gasteiger partial charge is 0.294 e. The lowest BCUT2D eigenvalue weighted by Gasteiger charge is -2.06. The van der Waals surface area contributed by atoms with Crippen LogP contribution in [0.15, 0.2) is 151 Å². The van der Waals surface area contributed by atoms with Gasteiger partial charge in [-0.25, -0.2) is 39.9 Å². The van der Waals surface area contributed by atoms with Gasteiger partial charge in [0.25, 0.3) is 0 Å². The van der Waals surface area contributed by atoms with Gasteiger partial charge in [-0.2, -0.15) is 15.8 Å². The molecule has 0 N–H and O–H groups in total. The van der Waals surface area contributed by atoms with E-state index in [0.29, 0.717) is 45.0 Å². The fraction of sp³-hybridized carbons (Fsp3) is 0.102. The Balaban J connectivity index is 0.000000177. The maximum atomic E-state index is 11.5. The standard InChI is InChI=1S/C13H12N2O.2C12H9N3.C8H6BrN.C4H3ClN2/c1-9-4-5-11(12(8-9)10(2)16)13-14-6-3-7-15-13;2*1-9-3-4-11(10(7-9)8-13)12-14-5-2-6-15-12;1-6-2-3-8(9)7(4-6)5-10;5-4-6-2-1-3-7-4/h3-8H,1-2H3;2*2-7H,1H3;2-4H,1H3;1-3H. The molecule has 0 aliphatic heterocycles. The molecule has 0 bridgehead atoms. The minimum absolute atomic E-state index is 0.0335. The first-order valence-electron chi connectivity index (χ1n) is 19.0. The number of benzene rings is 4. The van der Waals surface area contributed by atoms with Crippen molar-refractivity contribution >= 4 is 33.3 Å². The molecule has 4 aromatic carbocycles. The average Bonchev–Trinajstić information content (AvgIpc) is 3.31. The van der Waals surface area contributed by atoms with Crippen LogP contribution in [0.3, 0.4) is 0 Å². The number of nitrogens with zero attached hydrogens (tertiary/aromatic N) is 11. The van der Waals surface area contributed by atoms with Crippen LogP contribution in [-0.4, -0.2) is 45.7 Å². The van der Waals surface area contributed by atoms with Crippen LogP contribution in [0.25, 0.3) is 34.2 Å². The second kappa shape index (κ2) is 25.0. The van der Waals surface area contributed by atoms with Gasteiger partial charge >= 0.3 is 0 Å². The molecule has 0 fully saturated rings. The molecule has 0 aliphatic carbocycles. The molecule has 12 nitrogen and oxygen atoms in total. The minimum atomic E-state index is 0.0335. The zero-order valence-electron chi connectivity index (χ0n) is 34.9. The third kappa shape index (κ3) is 15.3. The Morgan fingerprint density at radius 1 is 0.476 bits per heavy atom. The highest BCUT2D eigenvalue weighted by Crippen LogP contribution is 2.23. The summed E-state index contributed by atoms with van der Waals surface area (Å²) in [5.74, 6) is 1.81. The van der Waals surface area contributed by atoms with Crippen molar-refractivity contribution in [2.75, 3.05) is 0 Å². The van der Waals surface area contributed by atoms with E-state index in [2.05, 4.69) is 74.0 Å². The van der Waals surface area contributed by atoms with E-state index in [1.807, 2.05) is 100 Å². The van der Waals surface area contributed by atoms with Crippen molar-refractivity contribution in [1.82, 2.24) is 39.9 Å². The van der Waals surface area contributed by atoms with Crippen LogP contribution in [0.2, 0.25) is 5.28 Å². The van der Waals surface area contributed by atoms with Crippen LogP contribution >= 0.6 is 27.5 Å². The Labute approximate surface area is 379 Å². The van der Waals surface area contributed by atoms with E-state index in [1.54, 1.807) is 80.8 Å². The molecular formula is C49H39BrClN11O.